The summed E-state index contributed by atoms with van der Waals surface area (Å²) in [5, 5.41) is 3.25. The molecule has 0 saturated carbocycles. The number of para-hydroxylation sites is 2. The van der Waals surface area contributed by atoms with Gasteiger partial charge in [0.15, 0.2) is 5.96 Å². The van der Waals surface area contributed by atoms with Gasteiger partial charge in [-0.3, -0.25) is 0 Å². The fourth-order valence-corrected chi connectivity index (χ4v) is 3.02. The van der Waals surface area contributed by atoms with E-state index in [4.69, 9.17) is 15.2 Å². The summed E-state index contributed by atoms with van der Waals surface area (Å²) in [5.41, 5.74) is 8.15. The third-order valence-corrected chi connectivity index (χ3v) is 4.09. The van der Waals surface area contributed by atoms with E-state index in [1.165, 1.54) is 0 Å². The zero-order chi connectivity index (χ0) is 16.2. The molecule has 5 nitrogen and oxygen atoms in total. The summed E-state index contributed by atoms with van der Waals surface area (Å²) in [6, 6.07) is 15.9. The Hall–Kier alpha value is -2.69. The van der Waals surface area contributed by atoms with Gasteiger partial charge in [0, 0.05) is 11.1 Å². The monoisotopic (exact) mass is 311 g/mol. The minimum atomic E-state index is -0.0534. The number of hydrogen-bond acceptors (Lipinski definition) is 5. The lowest BCUT2D eigenvalue weighted by molar-refractivity contribution is 0.386. The van der Waals surface area contributed by atoms with Crippen molar-refractivity contribution < 1.29 is 9.47 Å². The van der Waals surface area contributed by atoms with Gasteiger partial charge in [0.1, 0.15) is 11.5 Å². The van der Waals surface area contributed by atoms with Crippen LogP contribution < -0.4 is 20.5 Å². The Balaban J connectivity index is 1.94. The molecule has 0 aromatic heterocycles. The summed E-state index contributed by atoms with van der Waals surface area (Å²) >= 11 is 0. The van der Waals surface area contributed by atoms with Gasteiger partial charge in [0.05, 0.1) is 26.3 Å². The Bertz CT molecular complexity index is 715. The van der Waals surface area contributed by atoms with Gasteiger partial charge < -0.3 is 20.5 Å². The van der Waals surface area contributed by atoms with E-state index in [2.05, 4.69) is 10.3 Å². The molecule has 23 heavy (non-hydrogen) atoms. The van der Waals surface area contributed by atoms with E-state index in [9.17, 15) is 0 Å². The Morgan fingerprint density at radius 2 is 1.52 bits per heavy atom. The second-order valence-electron chi connectivity index (χ2n) is 5.45. The number of aliphatic imine (C=N–C) groups is 1. The van der Waals surface area contributed by atoms with Crippen LogP contribution in [-0.4, -0.2) is 20.2 Å². The number of methoxy groups -OCH3 is 2. The van der Waals surface area contributed by atoms with Crippen molar-refractivity contribution in [3.63, 3.8) is 0 Å². The fourth-order valence-electron chi connectivity index (χ4n) is 3.02. The van der Waals surface area contributed by atoms with Gasteiger partial charge in [-0.1, -0.05) is 36.4 Å². The average Bonchev–Trinajstić information content (AvgIpc) is 2.61. The van der Waals surface area contributed by atoms with Crippen molar-refractivity contribution in [3.05, 3.63) is 59.7 Å². The summed E-state index contributed by atoms with van der Waals surface area (Å²) in [6.45, 7) is 0. The number of guanidine groups is 1. The molecule has 0 radical (unpaired) electrons. The first-order valence-electron chi connectivity index (χ1n) is 7.58. The van der Waals surface area contributed by atoms with Crippen molar-refractivity contribution in [2.75, 3.05) is 14.2 Å². The molecule has 0 saturated heterocycles. The molecule has 5 heteroatoms. The third-order valence-electron chi connectivity index (χ3n) is 4.09. The summed E-state index contributed by atoms with van der Waals surface area (Å²) in [7, 11) is 3.35. The molecule has 2 unspecified atom stereocenters. The maximum absolute atomic E-state index is 6.03. The number of rotatable bonds is 4. The molecule has 1 heterocycles. The first-order chi connectivity index (χ1) is 11.2. The molecule has 0 amide bonds. The zero-order valence-corrected chi connectivity index (χ0v) is 13.3. The van der Waals surface area contributed by atoms with Crippen LogP contribution in [-0.2, 0) is 0 Å². The number of nitrogens with two attached hydrogens (primary N) is 1. The van der Waals surface area contributed by atoms with E-state index in [-0.39, 0.29) is 12.1 Å². The van der Waals surface area contributed by atoms with Crippen molar-refractivity contribution in [1.82, 2.24) is 5.32 Å². The molecule has 0 spiro atoms. The van der Waals surface area contributed by atoms with E-state index in [0.717, 1.165) is 29.0 Å². The van der Waals surface area contributed by atoms with Crippen LogP contribution in [0.5, 0.6) is 11.5 Å². The summed E-state index contributed by atoms with van der Waals surface area (Å²) < 4.78 is 10.9. The van der Waals surface area contributed by atoms with Crippen molar-refractivity contribution in [3.8, 4) is 11.5 Å². The van der Waals surface area contributed by atoms with Crippen molar-refractivity contribution in [2.45, 2.75) is 18.5 Å². The van der Waals surface area contributed by atoms with Crippen LogP contribution in [0.3, 0.4) is 0 Å². The molecule has 0 fully saturated rings. The van der Waals surface area contributed by atoms with Gasteiger partial charge in [0.2, 0.25) is 0 Å². The van der Waals surface area contributed by atoms with Crippen LogP contribution in [0.4, 0.5) is 0 Å². The van der Waals surface area contributed by atoms with E-state index in [1.807, 2.05) is 48.5 Å². The van der Waals surface area contributed by atoms with Gasteiger partial charge in [-0.15, -0.1) is 0 Å². The smallest absolute Gasteiger partial charge is 0.189 e. The summed E-state index contributed by atoms with van der Waals surface area (Å²) in [5.74, 6) is 2.11. The number of hydrogen-bond donors (Lipinski definition) is 2. The largest absolute Gasteiger partial charge is 0.496 e. The molecule has 2 aromatic carbocycles. The van der Waals surface area contributed by atoms with E-state index < -0.39 is 0 Å². The Morgan fingerprint density at radius 3 is 2.17 bits per heavy atom. The lowest BCUT2D eigenvalue weighted by atomic mass is 9.93. The first kappa shape index (κ1) is 15.2. The summed E-state index contributed by atoms with van der Waals surface area (Å²) in [6.07, 6.45) is 0.779. The first-order valence-corrected chi connectivity index (χ1v) is 7.58. The lowest BCUT2D eigenvalue weighted by Crippen LogP contribution is -2.39. The predicted molar refractivity (Wildman–Crippen MR) is 90.8 cm³/mol. The summed E-state index contributed by atoms with van der Waals surface area (Å²) in [4.78, 5) is 4.55. The second-order valence-corrected chi connectivity index (χ2v) is 5.45. The molecule has 2 aromatic rings. The van der Waals surface area contributed by atoms with Crippen LogP contribution in [0.15, 0.2) is 53.5 Å². The molecule has 3 rings (SSSR count). The molecule has 2 atom stereocenters. The molecule has 1 aliphatic rings. The second kappa shape index (κ2) is 6.60. The maximum atomic E-state index is 6.03. The van der Waals surface area contributed by atoms with Crippen LogP contribution in [0.1, 0.15) is 29.6 Å². The lowest BCUT2D eigenvalue weighted by Gasteiger charge is -2.30. The van der Waals surface area contributed by atoms with Gasteiger partial charge in [-0.05, 0) is 18.6 Å². The van der Waals surface area contributed by atoms with E-state index >= 15 is 0 Å². The highest BCUT2D eigenvalue weighted by Crippen LogP contribution is 2.38. The minimum Gasteiger partial charge on any atom is -0.496 e. The minimum absolute atomic E-state index is 0.0403. The predicted octanol–water partition coefficient (Wildman–Crippen LogP) is 2.79. The topological polar surface area (TPSA) is 68.9 Å². The molecule has 0 bridgehead atoms. The Kier molecular flexibility index (Phi) is 4.37. The van der Waals surface area contributed by atoms with Gasteiger partial charge in [-0.2, -0.15) is 0 Å². The molecule has 120 valence electrons. The molecule has 1 aliphatic heterocycles. The van der Waals surface area contributed by atoms with Crippen LogP contribution in [0, 0.1) is 0 Å². The van der Waals surface area contributed by atoms with Crippen molar-refractivity contribution in [2.24, 2.45) is 10.7 Å². The maximum Gasteiger partial charge on any atom is 0.189 e. The average molecular weight is 311 g/mol. The zero-order valence-electron chi connectivity index (χ0n) is 13.3. The van der Waals surface area contributed by atoms with Crippen LogP contribution in [0.2, 0.25) is 0 Å². The molecular formula is C18H21N3O2. The van der Waals surface area contributed by atoms with E-state index in [0.29, 0.717) is 5.96 Å². The quantitative estimate of drug-likeness (QED) is 0.911. The van der Waals surface area contributed by atoms with Crippen LogP contribution >= 0.6 is 0 Å². The van der Waals surface area contributed by atoms with Crippen LogP contribution in [0.25, 0.3) is 0 Å². The fraction of sp³-hybridized carbons (Fsp3) is 0.278. The van der Waals surface area contributed by atoms with Gasteiger partial charge in [-0.25, -0.2) is 4.99 Å². The van der Waals surface area contributed by atoms with Crippen molar-refractivity contribution in [1.29, 1.82) is 0 Å². The van der Waals surface area contributed by atoms with E-state index in [1.54, 1.807) is 14.2 Å². The highest BCUT2D eigenvalue weighted by molar-refractivity contribution is 5.79. The highest BCUT2D eigenvalue weighted by atomic mass is 16.5. The van der Waals surface area contributed by atoms with Gasteiger partial charge in [0.25, 0.3) is 0 Å². The van der Waals surface area contributed by atoms with Crippen molar-refractivity contribution >= 4 is 5.96 Å². The SMILES string of the molecule is COc1ccccc1C1CC(c2ccccc2OC)NC(N)=N1. The number of benzene rings is 2. The number of ether oxygens (including phenoxy) is 2. The third kappa shape index (κ3) is 3.08. The number of nitrogens with one attached hydrogen (secondary N) is 1. The molecular weight excluding hydrogens is 290 g/mol. The normalized spacial score (nSPS) is 20.3. The van der Waals surface area contributed by atoms with Gasteiger partial charge >= 0.3 is 0 Å². The Morgan fingerprint density at radius 1 is 0.957 bits per heavy atom. The standard InChI is InChI=1S/C18H21N3O2/c1-22-16-9-5-3-7-12(16)14-11-15(21-18(19)20-14)13-8-4-6-10-17(13)23-2/h3-10,14-15H,11H2,1-2H3,(H3,19,20,21). The Labute approximate surface area is 136 Å². The highest BCUT2D eigenvalue weighted by Gasteiger charge is 2.27. The molecule has 3 N–H and O–H groups in total. The number of nitrogens with zero attached hydrogens (tertiary/aromatic N) is 1. The molecule has 0 aliphatic carbocycles.